The second kappa shape index (κ2) is 20.6. The number of fused-ring (bicyclic) bond motifs is 2. The van der Waals surface area contributed by atoms with Crippen molar-refractivity contribution in [2.24, 2.45) is 11.8 Å². The molecule has 0 saturated heterocycles. The summed E-state index contributed by atoms with van der Waals surface area (Å²) in [7, 11) is 4.57. The van der Waals surface area contributed by atoms with Crippen molar-refractivity contribution >= 4 is 19.9 Å². The number of methoxy groups -OCH3 is 4. The minimum absolute atomic E-state index is 0.00346. The van der Waals surface area contributed by atoms with Crippen LogP contribution in [0.25, 0.3) is 0 Å². The number of hydrogen-bond donors (Lipinski definition) is 1. The van der Waals surface area contributed by atoms with Gasteiger partial charge in [0.1, 0.15) is 13.4 Å². The maximum atomic E-state index is 13.6. The first-order valence-corrected chi connectivity index (χ1v) is 21.8. The molecule has 1 N–H and O–H groups in total. The first kappa shape index (κ1) is 44.4. The van der Waals surface area contributed by atoms with Crippen molar-refractivity contribution in [1.82, 2.24) is 0 Å². The van der Waals surface area contributed by atoms with E-state index in [1.54, 1.807) is 28.4 Å². The Kier molecular flexibility index (Phi) is 17.3. The molecule has 1 aliphatic rings. The highest BCUT2D eigenvalue weighted by Gasteiger charge is 2.41. The number of anilines is 1. The molecule has 2 aromatic carbocycles. The van der Waals surface area contributed by atoms with E-state index in [0.717, 1.165) is 16.7 Å². The molecule has 1 heterocycles. The molecule has 2 bridgehead atoms. The molecule has 0 spiro atoms. The largest absolute Gasteiger partial charge is 0.493 e. The van der Waals surface area contributed by atoms with E-state index >= 15 is 0 Å². The molecule has 1 aliphatic heterocycles. The lowest BCUT2D eigenvalue weighted by Crippen LogP contribution is -2.48. The number of rotatable bonds is 11. The van der Waals surface area contributed by atoms with E-state index in [2.05, 4.69) is 66.0 Å². The summed E-state index contributed by atoms with van der Waals surface area (Å²) < 4.78 is 43.7. The lowest BCUT2D eigenvalue weighted by Gasteiger charge is -2.42. The number of carbonyl (C=O) groups is 1. The lowest BCUT2D eigenvalue weighted by atomic mass is 9.87. The van der Waals surface area contributed by atoms with E-state index in [0.29, 0.717) is 55.0 Å². The number of nitrogens with one attached hydrogen (secondary N) is 1. The van der Waals surface area contributed by atoms with Crippen LogP contribution in [0.4, 0.5) is 5.69 Å². The SMILES string of the molecule is COCO[C@@H]1[C@@H](OC)C[C@H](C)Cc2cc(cc(OCc3ccccc3)c2OC)NC(=O)/C(C)=C/CC[C@H](OC)[C@@H](O[Si](C)(C)C(C)(C)C)/C(C)=C/[C@@H]1C. The molecule has 0 unspecified atom stereocenters. The van der Waals surface area contributed by atoms with Crippen LogP contribution in [0.1, 0.15) is 78.9 Å². The summed E-state index contributed by atoms with van der Waals surface area (Å²) in [6, 6.07) is 13.8. The van der Waals surface area contributed by atoms with E-state index in [4.69, 9.17) is 32.8 Å². The first-order valence-electron chi connectivity index (χ1n) is 18.9. The first-order chi connectivity index (χ1) is 25.0. The van der Waals surface area contributed by atoms with Crippen LogP contribution in [0.15, 0.2) is 65.8 Å². The van der Waals surface area contributed by atoms with Gasteiger partial charge >= 0.3 is 0 Å². The molecule has 0 aromatic heterocycles. The topological polar surface area (TPSA) is 93.7 Å². The third-order valence-corrected chi connectivity index (χ3v) is 15.2. The summed E-state index contributed by atoms with van der Waals surface area (Å²) in [6.45, 7) is 20.1. The third-order valence-electron chi connectivity index (χ3n) is 10.7. The van der Waals surface area contributed by atoms with Crippen LogP contribution in [0, 0.1) is 11.8 Å². The van der Waals surface area contributed by atoms with Gasteiger partial charge in [-0.3, -0.25) is 4.79 Å². The molecule has 3 rings (SSSR count). The molecule has 2 aromatic rings. The minimum Gasteiger partial charge on any atom is -0.493 e. The zero-order valence-corrected chi connectivity index (χ0v) is 35.7. The summed E-state index contributed by atoms with van der Waals surface area (Å²) in [5, 5.41) is 3.14. The summed E-state index contributed by atoms with van der Waals surface area (Å²) in [5.74, 6) is 1.15. The van der Waals surface area contributed by atoms with Gasteiger partial charge in [0.25, 0.3) is 5.91 Å². The predicted octanol–water partition coefficient (Wildman–Crippen LogP) is 9.51. The Bertz CT molecular complexity index is 1500. The van der Waals surface area contributed by atoms with Crippen molar-refractivity contribution in [3.05, 3.63) is 76.9 Å². The monoisotopic (exact) mass is 753 g/mol. The fourth-order valence-electron chi connectivity index (χ4n) is 6.66. The van der Waals surface area contributed by atoms with Crippen molar-refractivity contribution in [3.63, 3.8) is 0 Å². The zero-order chi connectivity index (χ0) is 39.3. The van der Waals surface area contributed by atoms with Gasteiger partial charge in [0.05, 0.1) is 31.5 Å². The molecule has 1 amide bonds. The Labute approximate surface area is 320 Å². The van der Waals surface area contributed by atoms with Crippen LogP contribution in [0.3, 0.4) is 0 Å². The van der Waals surface area contributed by atoms with Crippen LogP contribution in [0.5, 0.6) is 11.5 Å². The molecule has 0 fully saturated rings. The summed E-state index contributed by atoms with van der Waals surface area (Å²) >= 11 is 0. The Morgan fingerprint density at radius 3 is 2.23 bits per heavy atom. The van der Waals surface area contributed by atoms with Crippen LogP contribution >= 0.6 is 0 Å². The van der Waals surface area contributed by atoms with Crippen LogP contribution in [-0.4, -0.2) is 73.9 Å². The molecular formula is C43H67NO8Si. The number of carbonyl (C=O) groups excluding carboxylic acids is 1. The Morgan fingerprint density at radius 1 is 0.943 bits per heavy atom. The molecular weight excluding hydrogens is 687 g/mol. The smallest absolute Gasteiger partial charge is 0.250 e. The summed E-state index contributed by atoms with van der Waals surface area (Å²) in [4.78, 5) is 13.6. The summed E-state index contributed by atoms with van der Waals surface area (Å²) in [5.41, 5.74) is 4.32. The normalized spacial score (nSPS) is 26.2. The third kappa shape index (κ3) is 12.8. The second-order valence-electron chi connectivity index (χ2n) is 16.1. The van der Waals surface area contributed by atoms with Gasteiger partial charge in [0.15, 0.2) is 19.8 Å². The van der Waals surface area contributed by atoms with Gasteiger partial charge in [0.2, 0.25) is 0 Å². The van der Waals surface area contributed by atoms with Gasteiger partial charge in [-0.2, -0.15) is 0 Å². The minimum atomic E-state index is -2.21. The average Bonchev–Trinajstić information content (AvgIpc) is 3.10. The van der Waals surface area contributed by atoms with Crippen molar-refractivity contribution in [2.75, 3.05) is 40.5 Å². The van der Waals surface area contributed by atoms with Crippen molar-refractivity contribution in [2.45, 2.75) is 123 Å². The fourth-order valence-corrected chi connectivity index (χ4v) is 7.99. The van der Waals surface area contributed by atoms with Gasteiger partial charge in [0, 0.05) is 50.1 Å². The number of ether oxygens (including phenoxy) is 6. The summed E-state index contributed by atoms with van der Waals surface area (Å²) in [6.07, 6.45) is 5.86. The predicted molar refractivity (Wildman–Crippen MR) is 216 cm³/mol. The number of allylic oxidation sites excluding steroid dienone is 1. The Morgan fingerprint density at radius 2 is 1.62 bits per heavy atom. The molecule has 10 heteroatoms. The lowest BCUT2D eigenvalue weighted by molar-refractivity contribution is -0.136. The molecule has 53 heavy (non-hydrogen) atoms. The molecule has 0 saturated carbocycles. The fraction of sp³-hybridized carbons (Fsp3) is 0.605. The molecule has 296 valence electrons. The van der Waals surface area contributed by atoms with E-state index in [-0.39, 0.29) is 54.0 Å². The maximum absolute atomic E-state index is 13.6. The molecule has 6 atom stereocenters. The van der Waals surface area contributed by atoms with Crippen LogP contribution < -0.4 is 14.8 Å². The second-order valence-corrected chi connectivity index (χ2v) is 20.8. The van der Waals surface area contributed by atoms with E-state index in [1.165, 1.54) is 0 Å². The van der Waals surface area contributed by atoms with Crippen LogP contribution in [-0.2, 0) is 41.2 Å². The van der Waals surface area contributed by atoms with E-state index in [1.807, 2.05) is 55.5 Å². The average molecular weight is 754 g/mol. The Balaban J connectivity index is 2.13. The number of benzene rings is 2. The Hall–Kier alpha value is -2.99. The van der Waals surface area contributed by atoms with Crippen molar-refractivity contribution < 1.29 is 37.6 Å². The highest BCUT2D eigenvalue weighted by atomic mass is 28.4. The van der Waals surface area contributed by atoms with Gasteiger partial charge in [-0.25, -0.2) is 0 Å². The molecule has 0 aliphatic carbocycles. The number of hydrogen-bond acceptors (Lipinski definition) is 8. The van der Waals surface area contributed by atoms with E-state index in [9.17, 15) is 4.79 Å². The molecule has 9 nitrogen and oxygen atoms in total. The van der Waals surface area contributed by atoms with Gasteiger partial charge < -0.3 is 38.2 Å². The van der Waals surface area contributed by atoms with Crippen LogP contribution in [0.2, 0.25) is 18.1 Å². The zero-order valence-electron chi connectivity index (χ0n) is 34.7. The van der Waals surface area contributed by atoms with Gasteiger partial charge in [-0.05, 0) is 80.8 Å². The van der Waals surface area contributed by atoms with Gasteiger partial charge in [-0.15, -0.1) is 0 Å². The van der Waals surface area contributed by atoms with Crippen molar-refractivity contribution in [1.29, 1.82) is 0 Å². The standard InChI is InChI=1S/C43H67NO8Si/c1-29-22-34-25-35(26-38(41(34)49-11)50-27-33-19-15-14-16-20-33)44-42(45)30(2)18-17-21-36(47-9)40(52-53(12,13)43(5,6)7)32(4)24-31(3)39(51-28-46-8)37(23-29)48-10/h14-16,18-20,24-26,29,31,36-37,39-40H,17,21-23,27-28H2,1-13H3,(H,44,45)/b30-18+,32-24+/t29-,31+,36+,37+,39+,40+/m1/s1. The maximum Gasteiger partial charge on any atom is 0.250 e. The highest BCUT2D eigenvalue weighted by molar-refractivity contribution is 6.74. The number of amides is 1. The highest BCUT2D eigenvalue weighted by Crippen LogP contribution is 2.40. The van der Waals surface area contributed by atoms with E-state index < -0.39 is 8.32 Å². The van der Waals surface area contributed by atoms with Crippen molar-refractivity contribution in [3.8, 4) is 11.5 Å². The molecule has 0 radical (unpaired) electrons. The van der Waals surface area contributed by atoms with Gasteiger partial charge in [-0.1, -0.05) is 77.1 Å². The quantitative estimate of drug-likeness (QED) is 0.138.